The minimum atomic E-state index is -0.147. The summed E-state index contributed by atoms with van der Waals surface area (Å²) in [7, 11) is 1.94. The van der Waals surface area contributed by atoms with Crippen molar-refractivity contribution in [3.05, 3.63) is 47.8 Å². The Morgan fingerprint density at radius 2 is 2.38 bits per heavy atom. The fourth-order valence-electron chi connectivity index (χ4n) is 2.91. The summed E-state index contributed by atoms with van der Waals surface area (Å²) in [6.45, 7) is 4.62. The van der Waals surface area contributed by atoms with E-state index in [2.05, 4.69) is 15.0 Å². The number of carbonyl (C=O) groups excluding carboxylic acids is 1. The maximum Gasteiger partial charge on any atom is 0.237 e. The quantitative estimate of drug-likeness (QED) is 0.890. The molecule has 1 fully saturated rings. The van der Waals surface area contributed by atoms with Crippen molar-refractivity contribution in [2.45, 2.75) is 19.5 Å². The van der Waals surface area contributed by atoms with Crippen LogP contribution < -0.4 is 0 Å². The van der Waals surface area contributed by atoms with Crippen molar-refractivity contribution in [1.82, 2.24) is 24.8 Å². The van der Waals surface area contributed by atoms with E-state index in [0.29, 0.717) is 32.8 Å². The predicted molar refractivity (Wildman–Crippen MR) is 89.2 cm³/mol. The summed E-state index contributed by atoms with van der Waals surface area (Å²) in [5.41, 5.74) is 2.07. The monoisotopic (exact) mass is 329 g/mol. The van der Waals surface area contributed by atoms with Crippen LogP contribution in [0.4, 0.5) is 0 Å². The number of carbonyl (C=O) groups is 1. The van der Waals surface area contributed by atoms with E-state index in [-0.39, 0.29) is 11.9 Å². The van der Waals surface area contributed by atoms with Gasteiger partial charge in [0.2, 0.25) is 5.91 Å². The number of morpholine rings is 1. The van der Waals surface area contributed by atoms with Crippen LogP contribution in [0.1, 0.15) is 23.1 Å². The normalized spacial score (nSPS) is 18.1. The molecule has 2 aromatic rings. The lowest BCUT2D eigenvalue weighted by molar-refractivity contribution is -0.141. The lowest BCUT2D eigenvalue weighted by Crippen LogP contribution is -2.47. The Balaban J connectivity index is 1.63. The number of likely N-dealkylation sites (N-methyl/N-ethyl adjacent to an activating group) is 1. The molecule has 0 aliphatic carbocycles. The summed E-state index contributed by atoms with van der Waals surface area (Å²) < 4.78 is 5.55. The van der Waals surface area contributed by atoms with Gasteiger partial charge in [-0.15, -0.1) is 0 Å². The molecule has 3 rings (SSSR count). The van der Waals surface area contributed by atoms with Gasteiger partial charge in [0, 0.05) is 37.4 Å². The van der Waals surface area contributed by atoms with E-state index in [1.165, 1.54) is 0 Å². The van der Waals surface area contributed by atoms with Gasteiger partial charge in [-0.25, -0.2) is 4.98 Å². The maximum absolute atomic E-state index is 12.8. The van der Waals surface area contributed by atoms with E-state index in [4.69, 9.17) is 4.74 Å². The SMILES string of the molecule is Cc1cnc([C@H]2COCCN2C(=O)CN(C)Cc2cccnc2)[nH]1. The van der Waals surface area contributed by atoms with Gasteiger partial charge >= 0.3 is 0 Å². The zero-order valence-corrected chi connectivity index (χ0v) is 14.1. The van der Waals surface area contributed by atoms with Crippen LogP contribution in [-0.2, 0) is 16.1 Å². The Kier molecular flexibility index (Phi) is 5.22. The van der Waals surface area contributed by atoms with Gasteiger partial charge in [-0.3, -0.25) is 14.7 Å². The Morgan fingerprint density at radius 1 is 1.50 bits per heavy atom. The minimum absolute atomic E-state index is 0.0868. The van der Waals surface area contributed by atoms with Crippen LogP contribution >= 0.6 is 0 Å². The number of pyridine rings is 1. The average Bonchev–Trinajstić information content (AvgIpc) is 3.02. The topological polar surface area (TPSA) is 74.3 Å². The lowest BCUT2D eigenvalue weighted by atomic mass is 10.2. The van der Waals surface area contributed by atoms with Gasteiger partial charge in [0.15, 0.2) is 0 Å². The molecule has 0 radical (unpaired) electrons. The van der Waals surface area contributed by atoms with Crippen molar-refractivity contribution in [1.29, 1.82) is 0 Å². The smallest absolute Gasteiger partial charge is 0.237 e. The molecule has 0 bridgehead atoms. The predicted octanol–water partition coefficient (Wildman–Crippen LogP) is 1.15. The molecule has 0 saturated carbocycles. The van der Waals surface area contributed by atoms with E-state index in [0.717, 1.165) is 17.1 Å². The molecule has 1 N–H and O–H groups in total. The molecule has 128 valence electrons. The molecule has 1 atom stereocenters. The summed E-state index contributed by atoms with van der Waals surface area (Å²) in [6, 6.07) is 3.77. The van der Waals surface area contributed by atoms with E-state index in [9.17, 15) is 4.79 Å². The van der Waals surface area contributed by atoms with Crippen molar-refractivity contribution < 1.29 is 9.53 Å². The molecular weight excluding hydrogens is 306 g/mol. The summed E-state index contributed by atoms with van der Waals surface area (Å²) in [5.74, 6) is 0.874. The largest absolute Gasteiger partial charge is 0.377 e. The summed E-state index contributed by atoms with van der Waals surface area (Å²) in [6.07, 6.45) is 5.35. The first-order chi connectivity index (χ1) is 11.6. The number of hydrogen-bond acceptors (Lipinski definition) is 5. The molecule has 7 heteroatoms. The van der Waals surface area contributed by atoms with Crippen LogP contribution in [-0.4, -0.2) is 64.0 Å². The number of ether oxygens (including phenoxy) is 1. The van der Waals surface area contributed by atoms with Gasteiger partial charge in [0.25, 0.3) is 0 Å². The fraction of sp³-hybridized carbons (Fsp3) is 0.471. The Labute approximate surface area is 141 Å². The molecular formula is C17H23N5O2. The number of hydrogen-bond donors (Lipinski definition) is 1. The highest BCUT2D eigenvalue weighted by Crippen LogP contribution is 2.22. The second kappa shape index (κ2) is 7.55. The summed E-state index contributed by atoms with van der Waals surface area (Å²) in [5, 5.41) is 0. The van der Waals surface area contributed by atoms with E-state index in [1.807, 2.05) is 42.1 Å². The van der Waals surface area contributed by atoms with Crippen molar-refractivity contribution in [2.75, 3.05) is 33.4 Å². The van der Waals surface area contributed by atoms with E-state index >= 15 is 0 Å². The minimum Gasteiger partial charge on any atom is -0.377 e. The molecule has 1 aliphatic rings. The lowest BCUT2D eigenvalue weighted by Gasteiger charge is -2.35. The molecule has 3 heterocycles. The number of aromatic nitrogens is 3. The number of nitrogens with zero attached hydrogens (tertiary/aromatic N) is 4. The molecule has 2 aromatic heterocycles. The first-order valence-electron chi connectivity index (χ1n) is 8.09. The Bertz CT molecular complexity index is 673. The molecule has 1 aliphatic heterocycles. The fourth-order valence-corrected chi connectivity index (χ4v) is 2.91. The number of aryl methyl sites for hydroxylation is 1. The third-order valence-electron chi connectivity index (χ3n) is 4.07. The van der Waals surface area contributed by atoms with Crippen LogP contribution in [0.5, 0.6) is 0 Å². The second-order valence-electron chi connectivity index (χ2n) is 6.16. The van der Waals surface area contributed by atoms with Crippen LogP contribution in [0.15, 0.2) is 30.7 Å². The maximum atomic E-state index is 12.8. The van der Waals surface area contributed by atoms with Gasteiger partial charge < -0.3 is 14.6 Å². The van der Waals surface area contributed by atoms with Crippen molar-refractivity contribution in [2.24, 2.45) is 0 Å². The standard InChI is InChI=1S/C17H23N5O2/c1-13-8-19-17(20-13)15-12-24-7-6-22(15)16(23)11-21(2)10-14-4-3-5-18-9-14/h3-5,8-9,15H,6-7,10-12H2,1-2H3,(H,19,20)/t15-/m1/s1. The Hall–Kier alpha value is -2.25. The Morgan fingerprint density at radius 3 is 3.08 bits per heavy atom. The first kappa shape index (κ1) is 16.6. The molecule has 7 nitrogen and oxygen atoms in total. The molecule has 0 unspecified atom stereocenters. The van der Waals surface area contributed by atoms with E-state index < -0.39 is 0 Å². The third kappa shape index (κ3) is 3.98. The van der Waals surface area contributed by atoms with Gasteiger partial charge in [-0.05, 0) is 25.6 Å². The van der Waals surface area contributed by atoms with Gasteiger partial charge in [0.05, 0.1) is 19.8 Å². The molecule has 0 aromatic carbocycles. The third-order valence-corrected chi connectivity index (χ3v) is 4.07. The first-order valence-corrected chi connectivity index (χ1v) is 8.09. The summed E-state index contributed by atoms with van der Waals surface area (Å²) in [4.78, 5) is 28.3. The highest BCUT2D eigenvalue weighted by Gasteiger charge is 2.30. The van der Waals surface area contributed by atoms with Gasteiger partial charge in [-0.1, -0.05) is 6.07 Å². The van der Waals surface area contributed by atoms with E-state index in [1.54, 1.807) is 12.4 Å². The number of amides is 1. The van der Waals surface area contributed by atoms with Crippen LogP contribution in [0.3, 0.4) is 0 Å². The number of rotatable bonds is 5. The zero-order valence-electron chi connectivity index (χ0n) is 14.1. The molecule has 1 saturated heterocycles. The highest BCUT2D eigenvalue weighted by molar-refractivity contribution is 5.78. The number of H-pyrrole nitrogens is 1. The number of aromatic amines is 1. The number of nitrogens with one attached hydrogen (secondary N) is 1. The van der Waals surface area contributed by atoms with Crippen molar-refractivity contribution in [3.63, 3.8) is 0 Å². The highest BCUT2D eigenvalue weighted by atomic mass is 16.5. The zero-order chi connectivity index (χ0) is 16.9. The molecule has 0 spiro atoms. The van der Waals surface area contributed by atoms with Gasteiger partial charge in [0.1, 0.15) is 11.9 Å². The molecule has 24 heavy (non-hydrogen) atoms. The number of imidazole rings is 1. The van der Waals surface area contributed by atoms with Crippen LogP contribution in [0, 0.1) is 6.92 Å². The van der Waals surface area contributed by atoms with Crippen molar-refractivity contribution in [3.8, 4) is 0 Å². The van der Waals surface area contributed by atoms with Crippen LogP contribution in [0.25, 0.3) is 0 Å². The van der Waals surface area contributed by atoms with Gasteiger partial charge in [-0.2, -0.15) is 0 Å². The van der Waals surface area contributed by atoms with Crippen molar-refractivity contribution >= 4 is 5.91 Å². The summed E-state index contributed by atoms with van der Waals surface area (Å²) >= 11 is 0. The molecule has 1 amide bonds. The average molecular weight is 329 g/mol. The second-order valence-corrected chi connectivity index (χ2v) is 6.16. The van der Waals surface area contributed by atoms with Crippen LogP contribution in [0.2, 0.25) is 0 Å².